The first-order valence-electron chi connectivity index (χ1n) is 6.36. The van der Waals surface area contributed by atoms with Crippen LogP contribution in [0.4, 0.5) is 0 Å². The first-order chi connectivity index (χ1) is 7.97. The van der Waals surface area contributed by atoms with Crippen LogP contribution in [0.2, 0.25) is 0 Å². The minimum Gasteiger partial charge on any atom is -0.309 e. The fourth-order valence-electron chi connectivity index (χ4n) is 1.69. The Balaban J connectivity index is 2.57. The van der Waals surface area contributed by atoms with Crippen molar-refractivity contribution in [1.29, 1.82) is 0 Å². The average molecular weight is 254 g/mol. The van der Waals surface area contributed by atoms with Crippen molar-refractivity contribution in [3.8, 4) is 0 Å². The summed E-state index contributed by atoms with van der Waals surface area (Å²) in [6.45, 7) is 9.76. The van der Waals surface area contributed by atoms with Crippen molar-refractivity contribution >= 4 is 11.6 Å². The van der Waals surface area contributed by atoms with Gasteiger partial charge in [0.25, 0.3) is 0 Å². The average Bonchev–Trinajstić information content (AvgIpc) is 2.30. The van der Waals surface area contributed by atoms with Crippen molar-refractivity contribution < 1.29 is 0 Å². The number of hydrogen-bond donors (Lipinski definition) is 1. The zero-order valence-corrected chi connectivity index (χ0v) is 12.1. The van der Waals surface area contributed by atoms with Gasteiger partial charge in [-0.1, -0.05) is 52.0 Å². The van der Waals surface area contributed by atoms with Gasteiger partial charge in [0.05, 0.1) is 0 Å². The van der Waals surface area contributed by atoms with Crippen molar-refractivity contribution in [1.82, 2.24) is 5.32 Å². The summed E-state index contributed by atoms with van der Waals surface area (Å²) in [6, 6.07) is 9.26. The van der Waals surface area contributed by atoms with Gasteiger partial charge in [0.1, 0.15) is 0 Å². The molecule has 0 bridgehead atoms. The predicted octanol–water partition coefficient (Wildman–Crippen LogP) is 4.09. The summed E-state index contributed by atoms with van der Waals surface area (Å²) in [5.74, 6) is 0.677. The van der Waals surface area contributed by atoms with E-state index < -0.39 is 0 Å². The normalized spacial score (nSPS) is 13.7. The topological polar surface area (TPSA) is 12.0 Å². The first kappa shape index (κ1) is 14.5. The first-order valence-corrected chi connectivity index (χ1v) is 6.89. The van der Waals surface area contributed by atoms with Crippen LogP contribution < -0.4 is 5.32 Å². The Morgan fingerprint density at radius 3 is 2.18 bits per heavy atom. The second-order valence-corrected chi connectivity index (χ2v) is 5.90. The molecule has 0 heterocycles. The lowest BCUT2D eigenvalue weighted by Gasteiger charge is -2.19. The van der Waals surface area contributed by atoms with E-state index in [9.17, 15) is 0 Å². The molecule has 1 N–H and O–H groups in total. The maximum Gasteiger partial charge on any atom is 0.0377 e. The van der Waals surface area contributed by atoms with Crippen LogP contribution in [0.1, 0.15) is 45.2 Å². The maximum atomic E-state index is 5.86. The monoisotopic (exact) mass is 253 g/mol. The number of alkyl halides is 1. The highest BCUT2D eigenvalue weighted by molar-refractivity contribution is 6.18. The Morgan fingerprint density at radius 2 is 1.76 bits per heavy atom. The van der Waals surface area contributed by atoms with E-state index in [0.29, 0.717) is 11.9 Å². The highest BCUT2D eigenvalue weighted by Crippen LogP contribution is 2.22. The molecule has 1 aromatic rings. The van der Waals surface area contributed by atoms with E-state index in [1.807, 2.05) is 0 Å². The predicted molar refractivity (Wildman–Crippen MR) is 76.8 cm³/mol. The van der Waals surface area contributed by atoms with Crippen LogP contribution in [0.15, 0.2) is 24.3 Å². The van der Waals surface area contributed by atoms with Crippen molar-refractivity contribution in [2.45, 2.75) is 52.1 Å². The van der Waals surface area contributed by atoms with E-state index in [0.717, 1.165) is 13.0 Å². The summed E-state index contributed by atoms with van der Waals surface area (Å²) in [5, 5.41) is 3.46. The highest BCUT2D eigenvalue weighted by atomic mass is 35.5. The van der Waals surface area contributed by atoms with E-state index in [2.05, 4.69) is 57.3 Å². The molecule has 1 atom stereocenters. The van der Waals surface area contributed by atoms with Gasteiger partial charge in [0.15, 0.2) is 0 Å². The summed E-state index contributed by atoms with van der Waals surface area (Å²) >= 11 is 5.86. The standard InChI is InChI=1S/C15H24ClN/c1-5-14(10-16)17-11-12-6-8-13(9-7-12)15(2,3)4/h6-9,14,17H,5,10-11H2,1-4H3. The summed E-state index contributed by atoms with van der Waals surface area (Å²) in [6.07, 6.45) is 1.07. The smallest absolute Gasteiger partial charge is 0.0377 e. The van der Waals surface area contributed by atoms with E-state index in [-0.39, 0.29) is 5.41 Å². The van der Waals surface area contributed by atoms with Crippen LogP contribution in [-0.2, 0) is 12.0 Å². The third-order valence-electron chi connectivity index (χ3n) is 3.09. The Kier molecular flexibility index (Phi) is 5.48. The minimum absolute atomic E-state index is 0.230. The van der Waals surface area contributed by atoms with Gasteiger partial charge in [0, 0.05) is 18.5 Å². The molecule has 0 spiro atoms. The number of rotatable bonds is 5. The van der Waals surface area contributed by atoms with Gasteiger partial charge in [-0.2, -0.15) is 0 Å². The Labute approximate surface area is 111 Å². The summed E-state index contributed by atoms with van der Waals surface area (Å²) in [4.78, 5) is 0. The third-order valence-corrected chi connectivity index (χ3v) is 3.47. The molecule has 0 amide bonds. The van der Waals surface area contributed by atoms with E-state index >= 15 is 0 Å². The van der Waals surface area contributed by atoms with Crippen LogP contribution >= 0.6 is 11.6 Å². The van der Waals surface area contributed by atoms with Crippen molar-refractivity contribution in [3.63, 3.8) is 0 Å². The molecule has 0 aromatic heterocycles. The van der Waals surface area contributed by atoms with Gasteiger partial charge in [-0.15, -0.1) is 11.6 Å². The lowest BCUT2D eigenvalue weighted by Crippen LogP contribution is -2.29. The molecular formula is C15H24ClN. The molecule has 0 aliphatic carbocycles. The lowest BCUT2D eigenvalue weighted by atomic mass is 9.87. The molecule has 0 saturated heterocycles. The second kappa shape index (κ2) is 6.42. The zero-order chi connectivity index (χ0) is 12.9. The molecule has 2 heteroatoms. The van der Waals surface area contributed by atoms with Gasteiger partial charge in [-0.05, 0) is 23.0 Å². The molecule has 0 aliphatic rings. The highest BCUT2D eigenvalue weighted by Gasteiger charge is 2.12. The Bertz CT molecular complexity index is 320. The molecule has 0 fully saturated rings. The van der Waals surface area contributed by atoms with E-state index in [4.69, 9.17) is 11.6 Å². The summed E-state index contributed by atoms with van der Waals surface area (Å²) in [7, 11) is 0. The molecule has 1 rings (SSSR count). The quantitative estimate of drug-likeness (QED) is 0.780. The Hall–Kier alpha value is -0.530. The molecule has 0 radical (unpaired) electrons. The van der Waals surface area contributed by atoms with Crippen LogP contribution in [-0.4, -0.2) is 11.9 Å². The van der Waals surface area contributed by atoms with E-state index in [1.54, 1.807) is 0 Å². The molecule has 17 heavy (non-hydrogen) atoms. The maximum absolute atomic E-state index is 5.86. The molecule has 1 nitrogen and oxygen atoms in total. The number of nitrogens with one attached hydrogen (secondary N) is 1. The van der Waals surface area contributed by atoms with Crippen LogP contribution in [0.3, 0.4) is 0 Å². The van der Waals surface area contributed by atoms with Crippen molar-refractivity contribution in [2.75, 3.05) is 5.88 Å². The summed E-state index contributed by atoms with van der Waals surface area (Å²) in [5.41, 5.74) is 2.93. The van der Waals surface area contributed by atoms with Gasteiger partial charge in [0.2, 0.25) is 0 Å². The number of halogens is 1. The van der Waals surface area contributed by atoms with Crippen molar-refractivity contribution in [2.24, 2.45) is 0 Å². The third kappa shape index (κ3) is 4.69. The van der Waals surface area contributed by atoms with E-state index in [1.165, 1.54) is 11.1 Å². The SMILES string of the molecule is CCC(CCl)NCc1ccc(C(C)(C)C)cc1. The van der Waals surface area contributed by atoms with Gasteiger partial charge >= 0.3 is 0 Å². The molecule has 1 aromatic carbocycles. The lowest BCUT2D eigenvalue weighted by molar-refractivity contribution is 0.538. The molecular weight excluding hydrogens is 230 g/mol. The second-order valence-electron chi connectivity index (χ2n) is 5.59. The minimum atomic E-state index is 0.230. The van der Waals surface area contributed by atoms with Crippen molar-refractivity contribution in [3.05, 3.63) is 35.4 Å². The largest absolute Gasteiger partial charge is 0.309 e. The van der Waals surface area contributed by atoms with Crippen LogP contribution in [0, 0.1) is 0 Å². The molecule has 1 unspecified atom stereocenters. The summed E-state index contributed by atoms with van der Waals surface area (Å²) < 4.78 is 0. The van der Waals surface area contributed by atoms with Crippen LogP contribution in [0.25, 0.3) is 0 Å². The van der Waals surface area contributed by atoms with Gasteiger partial charge < -0.3 is 5.32 Å². The Morgan fingerprint density at radius 1 is 1.18 bits per heavy atom. The number of benzene rings is 1. The van der Waals surface area contributed by atoms with Crippen LogP contribution in [0.5, 0.6) is 0 Å². The number of hydrogen-bond acceptors (Lipinski definition) is 1. The molecule has 0 saturated carbocycles. The molecule has 96 valence electrons. The van der Waals surface area contributed by atoms with Gasteiger partial charge in [-0.25, -0.2) is 0 Å². The fraction of sp³-hybridized carbons (Fsp3) is 0.600. The van der Waals surface area contributed by atoms with Gasteiger partial charge in [-0.3, -0.25) is 0 Å². The fourth-order valence-corrected chi connectivity index (χ4v) is 2.02. The molecule has 0 aliphatic heterocycles. The zero-order valence-electron chi connectivity index (χ0n) is 11.4.